The number of rotatable bonds is 7. The van der Waals surface area contributed by atoms with Crippen molar-refractivity contribution >= 4 is 27.5 Å². The predicted octanol–water partition coefficient (Wildman–Crippen LogP) is 3.99. The van der Waals surface area contributed by atoms with E-state index in [9.17, 15) is 19.6 Å². The molecule has 0 radical (unpaired) electrons. The highest BCUT2D eigenvalue weighted by atomic mass is 32.1. The smallest absolute Gasteiger partial charge is 0.336 e. The summed E-state index contributed by atoms with van der Waals surface area (Å²) < 4.78 is 3.12. The third-order valence-corrected chi connectivity index (χ3v) is 7.00. The first-order valence-corrected chi connectivity index (χ1v) is 12.5. The molecule has 0 bridgehead atoms. The number of aromatic nitrogens is 2. The summed E-state index contributed by atoms with van der Waals surface area (Å²) in [6.07, 6.45) is 0.182. The van der Waals surface area contributed by atoms with Crippen LogP contribution in [0.2, 0.25) is 0 Å². The summed E-state index contributed by atoms with van der Waals surface area (Å²) in [7, 11) is 0. The summed E-state index contributed by atoms with van der Waals surface area (Å²) in [5.74, 6) is -0.118. The van der Waals surface area contributed by atoms with Gasteiger partial charge < -0.3 is 5.32 Å². The van der Waals surface area contributed by atoms with Crippen molar-refractivity contribution in [1.29, 1.82) is 5.26 Å². The first kappa shape index (κ1) is 24.0. The molecular weight excluding hydrogens is 484 g/mol. The number of benzene rings is 3. The molecule has 182 valence electrons. The van der Waals surface area contributed by atoms with Crippen LogP contribution in [0.5, 0.6) is 0 Å². The van der Waals surface area contributed by atoms with Crippen LogP contribution in [-0.4, -0.2) is 15.0 Å². The summed E-state index contributed by atoms with van der Waals surface area (Å²) in [6, 6.07) is 27.5. The van der Waals surface area contributed by atoms with E-state index in [0.29, 0.717) is 33.6 Å². The van der Waals surface area contributed by atoms with Crippen LogP contribution in [0.25, 0.3) is 15.9 Å². The van der Waals surface area contributed by atoms with Gasteiger partial charge in [0, 0.05) is 6.54 Å². The molecule has 0 aliphatic heterocycles. The maximum Gasteiger partial charge on any atom is 0.336 e. The number of nitrogens with one attached hydrogen (secondary N) is 1. The molecule has 5 aromatic rings. The predicted molar refractivity (Wildman–Crippen MR) is 144 cm³/mol. The van der Waals surface area contributed by atoms with Crippen molar-refractivity contribution in [3.05, 3.63) is 133 Å². The molecule has 0 fully saturated rings. The third kappa shape index (κ3) is 4.99. The molecule has 3 aromatic carbocycles. The first-order valence-electron chi connectivity index (χ1n) is 11.7. The number of carbonyl (C=O) groups excluding carboxylic acids is 1. The number of nitrogens with zero attached hydrogens (tertiary/aromatic N) is 3. The van der Waals surface area contributed by atoms with Crippen molar-refractivity contribution in [2.45, 2.75) is 19.5 Å². The molecule has 0 unspecified atom stereocenters. The van der Waals surface area contributed by atoms with Crippen molar-refractivity contribution < 1.29 is 4.79 Å². The zero-order valence-electron chi connectivity index (χ0n) is 19.8. The number of thiophene rings is 1. The summed E-state index contributed by atoms with van der Waals surface area (Å²) in [4.78, 5) is 39.2. The fraction of sp³-hybridized carbons (Fsp3) is 0.103. The standard InChI is InChI=1S/C29H22N4O3S/c30-17-22-8-4-5-9-23(22)19-32-25-14-15-37-27(25)28(35)33(29(32)36)24-12-10-20(11-13-24)16-26(34)31-18-21-6-2-1-3-7-21/h1-15H,16,18-19H2,(H,31,34). The molecule has 37 heavy (non-hydrogen) atoms. The Morgan fingerprint density at radius 1 is 0.892 bits per heavy atom. The van der Waals surface area contributed by atoms with Gasteiger partial charge in [-0.25, -0.2) is 9.36 Å². The van der Waals surface area contributed by atoms with E-state index in [1.54, 1.807) is 53.9 Å². The molecule has 8 heteroatoms. The fourth-order valence-electron chi connectivity index (χ4n) is 4.21. The van der Waals surface area contributed by atoms with E-state index >= 15 is 0 Å². The Hall–Kier alpha value is -4.74. The third-order valence-electron chi connectivity index (χ3n) is 6.11. The van der Waals surface area contributed by atoms with Crippen molar-refractivity contribution in [3.8, 4) is 11.8 Å². The van der Waals surface area contributed by atoms with Crippen LogP contribution in [0, 0.1) is 11.3 Å². The summed E-state index contributed by atoms with van der Waals surface area (Å²) >= 11 is 1.27. The lowest BCUT2D eigenvalue weighted by Crippen LogP contribution is -2.38. The second kappa shape index (κ2) is 10.5. The van der Waals surface area contributed by atoms with Crippen LogP contribution in [0.4, 0.5) is 0 Å². The molecule has 0 saturated heterocycles. The van der Waals surface area contributed by atoms with Crippen LogP contribution >= 0.6 is 11.3 Å². The van der Waals surface area contributed by atoms with Gasteiger partial charge in [-0.3, -0.25) is 14.2 Å². The van der Waals surface area contributed by atoms with Crippen LogP contribution in [0.1, 0.15) is 22.3 Å². The summed E-state index contributed by atoms with van der Waals surface area (Å²) in [5, 5.41) is 14.2. The van der Waals surface area contributed by atoms with Crippen molar-refractivity contribution in [1.82, 2.24) is 14.5 Å². The second-order valence-corrected chi connectivity index (χ2v) is 9.43. The lowest BCUT2D eigenvalue weighted by atomic mass is 10.1. The zero-order valence-corrected chi connectivity index (χ0v) is 20.6. The van der Waals surface area contributed by atoms with Gasteiger partial charge in [0.15, 0.2) is 0 Å². The summed E-state index contributed by atoms with van der Waals surface area (Å²) in [6.45, 7) is 0.609. The van der Waals surface area contributed by atoms with Crippen LogP contribution in [-0.2, 0) is 24.3 Å². The van der Waals surface area contributed by atoms with Gasteiger partial charge in [0.25, 0.3) is 5.56 Å². The van der Waals surface area contributed by atoms with E-state index in [4.69, 9.17) is 0 Å². The Morgan fingerprint density at radius 2 is 1.62 bits per heavy atom. The Bertz CT molecular complexity index is 1740. The van der Waals surface area contributed by atoms with Crippen molar-refractivity contribution in [2.24, 2.45) is 0 Å². The molecule has 0 saturated carbocycles. The molecule has 2 heterocycles. The Labute approximate surface area is 216 Å². The molecule has 1 amide bonds. The number of hydrogen-bond donors (Lipinski definition) is 1. The van der Waals surface area contributed by atoms with Gasteiger partial charge in [-0.05, 0) is 46.3 Å². The Kier molecular flexibility index (Phi) is 6.79. The highest BCUT2D eigenvalue weighted by Crippen LogP contribution is 2.19. The average molecular weight is 507 g/mol. The molecular formula is C29H22N4O3S. The first-order chi connectivity index (χ1) is 18.0. The van der Waals surface area contributed by atoms with E-state index in [1.807, 2.05) is 36.4 Å². The van der Waals surface area contributed by atoms with Crippen LogP contribution in [0.15, 0.2) is 99.9 Å². The molecule has 1 N–H and O–H groups in total. The molecule has 0 spiro atoms. The molecule has 5 rings (SSSR count). The minimum Gasteiger partial charge on any atom is -0.352 e. The fourth-order valence-corrected chi connectivity index (χ4v) is 5.04. The quantitative estimate of drug-likeness (QED) is 0.361. The monoisotopic (exact) mass is 506 g/mol. The van der Waals surface area contributed by atoms with E-state index in [2.05, 4.69) is 11.4 Å². The Balaban J connectivity index is 1.43. The maximum atomic E-state index is 13.6. The number of carbonyl (C=O) groups is 1. The average Bonchev–Trinajstić information content (AvgIpc) is 3.42. The number of fused-ring (bicyclic) bond motifs is 1. The van der Waals surface area contributed by atoms with E-state index in [1.165, 1.54) is 15.9 Å². The maximum absolute atomic E-state index is 13.6. The lowest BCUT2D eigenvalue weighted by Gasteiger charge is -2.13. The van der Waals surface area contributed by atoms with Gasteiger partial charge >= 0.3 is 5.69 Å². The topological polar surface area (TPSA) is 96.9 Å². The molecule has 2 aromatic heterocycles. The molecule has 0 atom stereocenters. The van der Waals surface area contributed by atoms with Gasteiger partial charge in [-0.2, -0.15) is 5.26 Å². The number of amides is 1. The minimum atomic E-state index is -0.489. The second-order valence-electron chi connectivity index (χ2n) is 8.52. The van der Waals surface area contributed by atoms with Crippen LogP contribution < -0.4 is 16.6 Å². The largest absolute Gasteiger partial charge is 0.352 e. The zero-order chi connectivity index (χ0) is 25.8. The van der Waals surface area contributed by atoms with E-state index in [0.717, 1.165) is 15.7 Å². The van der Waals surface area contributed by atoms with Gasteiger partial charge in [0.05, 0.1) is 35.8 Å². The van der Waals surface area contributed by atoms with Gasteiger partial charge in [0.1, 0.15) is 4.70 Å². The number of nitriles is 1. The van der Waals surface area contributed by atoms with Gasteiger partial charge in [-0.1, -0.05) is 60.7 Å². The summed E-state index contributed by atoms with van der Waals surface area (Å²) in [5.41, 5.74) is 3.03. The molecule has 0 aliphatic rings. The Morgan fingerprint density at radius 3 is 2.38 bits per heavy atom. The van der Waals surface area contributed by atoms with Crippen molar-refractivity contribution in [2.75, 3.05) is 0 Å². The highest BCUT2D eigenvalue weighted by molar-refractivity contribution is 7.17. The van der Waals surface area contributed by atoms with E-state index in [-0.39, 0.29) is 18.9 Å². The SMILES string of the molecule is N#Cc1ccccc1Cn1c(=O)n(-c2ccc(CC(=O)NCc3ccccc3)cc2)c(=O)c2sccc21. The molecule has 7 nitrogen and oxygen atoms in total. The number of hydrogen-bond acceptors (Lipinski definition) is 5. The van der Waals surface area contributed by atoms with E-state index < -0.39 is 11.2 Å². The van der Waals surface area contributed by atoms with Crippen LogP contribution in [0.3, 0.4) is 0 Å². The minimum absolute atomic E-state index is 0.118. The van der Waals surface area contributed by atoms with Gasteiger partial charge in [0.2, 0.25) is 5.91 Å². The van der Waals surface area contributed by atoms with Gasteiger partial charge in [-0.15, -0.1) is 11.3 Å². The highest BCUT2D eigenvalue weighted by Gasteiger charge is 2.17. The molecule has 0 aliphatic carbocycles. The van der Waals surface area contributed by atoms with Crippen molar-refractivity contribution in [3.63, 3.8) is 0 Å². The lowest BCUT2D eigenvalue weighted by molar-refractivity contribution is -0.120. The normalized spacial score (nSPS) is 10.8.